The minimum atomic E-state index is -0.508. The average Bonchev–Trinajstić information content (AvgIpc) is 2.41. The molecule has 1 amide bonds. The molecule has 1 aliphatic rings. The fourth-order valence-electron chi connectivity index (χ4n) is 2.09. The fraction of sp³-hybridized carbons (Fsp3) is 0.538. The molecule has 19 heavy (non-hydrogen) atoms. The topological polar surface area (TPSA) is 54.5 Å². The highest BCUT2D eigenvalue weighted by Gasteiger charge is 2.27. The molecule has 0 aromatic carbocycles. The molecule has 1 aromatic heterocycles. The molecule has 0 saturated carbocycles. The van der Waals surface area contributed by atoms with Crippen LogP contribution in [0, 0.1) is 5.82 Å². The first-order valence-corrected chi connectivity index (χ1v) is 6.41. The third-order valence-corrected chi connectivity index (χ3v) is 3.06. The maximum atomic E-state index is 13.3. The molecule has 2 rings (SSSR count). The summed E-state index contributed by atoms with van der Waals surface area (Å²) in [6.07, 6.45) is 1.11. The summed E-state index contributed by atoms with van der Waals surface area (Å²) in [5, 5.41) is 2.98. The molecule has 6 heteroatoms. The van der Waals surface area contributed by atoms with Crippen LogP contribution in [0.2, 0.25) is 0 Å². The van der Waals surface area contributed by atoms with Gasteiger partial charge in [0, 0.05) is 13.1 Å². The van der Waals surface area contributed by atoms with E-state index in [-0.39, 0.29) is 17.5 Å². The van der Waals surface area contributed by atoms with Crippen molar-refractivity contribution < 1.29 is 13.9 Å². The molecular weight excluding hydrogens is 249 g/mol. The Kier molecular flexibility index (Phi) is 4.31. The van der Waals surface area contributed by atoms with E-state index >= 15 is 0 Å². The van der Waals surface area contributed by atoms with Crippen LogP contribution in [-0.2, 0) is 4.74 Å². The number of rotatable bonds is 3. The number of nitrogens with zero attached hydrogens (tertiary/aromatic N) is 2. The molecular formula is C13H18FN3O2. The van der Waals surface area contributed by atoms with Gasteiger partial charge in [-0.3, -0.25) is 4.79 Å². The predicted molar refractivity (Wildman–Crippen MR) is 69.7 cm³/mol. The van der Waals surface area contributed by atoms with Gasteiger partial charge in [-0.2, -0.15) is 0 Å². The number of hydrogen-bond acceptors (Lipinski definition) is 4. The van der Waals surface area contributed by atoms with Crippen molar-refractivity contribution in [3.05, 3.63) is 23.6 Å². The van der Waals surface area contributed by atoms with Gasteiger partial charge in [-0.05, 0) is 19.9 Å². The summed E-state index contributed by atoms with van der Waals surface area (Å²) in [6, 6.07) is 1.22. The Morgan fingerprint density at radius 2 is 2.47 bits per heavy atom. The molecule has 0 spiro atoms. The first-order valence-electron chi connectivity index (χ1n) is 6.41. The zero-order valence-electron chi connectivity index (χ0n) is 11.1. The van der Waals surface area contributed by atoms with Crippen LogP contribution in [0.1, 0.15) is 24.2 Å². The Morgan fingerprint density at radius 1 is 1.68 bits per heavy atom. The zero-order chi connectivity index (χ0) is 13.8. The molecule has 2 heterocycles. The predicted octanol–water partition coefficient (Wildman–Crippen LogP) is 1.51. The Morgan fingerprint density at radius 3 is 3.16 bits per heavy atom. The lowest BCUT2D eigenvalue weighted by Gasteiger charge is -2.33. The number of ether oxygens (including phenoxy) is 1. The lowest BCUT2D eigenvalue weighted by atomic mass is 10.1. The second-order valence-corrected chi connectivity index (χ2v) is 4.50. The van der Waals surface area contributed by atoms with Crippen molar-refractivity contribution in [2.75, 3.05) is 31.6 Å². The van der Waals surface area contributed by atoms with Gasteiger partial charge in [0.2, 0.25) is 0 Å². The van der Waals surface area contributed by atoms with Gasteiger partial charge >= 0.3 is 0 Å². The second-order valence-electron chi connectivity index (χ2n) is 4.50. The first kappa shape index (κ1) is 13.7. The second kappa shape index (κ2) is 5.97. The summed E-state index contributed by atoms with van der Waals surface area (Å²) in [4.78, 5) is 18.1. The maximum absolute atomic E-state index is 13.3. The standard InChI is InChI=1S/C13H18FN3O2/c1-3-15-12-11(6-10(14)7-16-12)13(18)17-4-5-19-8-9(17)2/h6-7,9H,3-5,8H2,1-2H3,(H,15,16). The minimum Gasteiger partial charge on any atom is -0.377 e. The molecule has 1 aromatic rings. The maximum Gasteiger partial charge on any atom is 0.258 e. The molecule has 1 unspecified atom stereocenters. The first-order chi connectivity index (χ1) is 9.13. The van der Waals surface area contributed by atoms with E-state index in [1.807, 2.05) is 13.8 Å². The number of morpholine rings is 1. The Balaban J connectivity index is 2.28. The number of hydrogen-bond donors (Lipinski definition) is 1. The van der Waals surface area contributed by atoms with E-state index < -0.39 is 5.82 Å². The van der Waals surface area contributed by atoms with Crippen molar-refractivity contribution in [3.63, 3.8) is 0 Å². The largest absolute Gasteiger partial charge is 0.377 e. The van der Waals surface area contributed by atoms with Crippen LogP contribution in [0.3, 0.4) is 0 Å². The molecule has 1 N–H and O–H groups in total. The Labute approximate surface area is 111 Å². The van der Waals surface area contributed by atoms with E-state index in [1.54, 1.807) is 4.90 Å². The monoisotopic (exact) mass is 267 g/mol. The number of carbonyl (C=O) groups is 1. The number of anilines is 1. The van der Waals surface area contributed by atoms with Gasteiger partial charge in [-0.25, -0.2) is 9.37 Å². The van der Waals surface area contributed by atoms with Gasteiger partial charge in [0.05, 0.1) is 31.0 Å². The quantitative estimate of drug-likeness (QED) is 0.902. The summed E-state index contributed by atoms with van der Waals surface area (Å²) in [7, 11) is 0. The average molecular weight is 267 g/mol. The van der Waals surface area contributed by atoms with Crippen molar-refractivity contribution in [1.82, 2.24) is 9.88 Å². The van der Waals surface area contributed by atoms with Crippen LogP contribution in [0.25, 0.3) is 0 Å². The normalized spacial score (nSPS) is 19.3. The highest BCUT2D eigenvalue weighted by atomic mass is 19.1. The molecule has 1 fully saturated rings. The van der Waals surface area contributed by atoms with Crippen molar-refractivity contribution in [2.45, 2.75) is 19.9 Å². The number of aromatic nitrogens is 1. The number of halogens is 1. The van der Waals surface area contributed by atoms with Crippen molar-refractivity contribution in [2.24, 2.45) is 0 Å². The van der Waals surface area contributed by atoms with Gasteiger partial charge in [0.15, 0.2) is 0 Å². The molecule has 1 atom stereocenters. The summed E-state index contributed by atoms with van der Waals surface area (Å²) in [5.74, 6) is -0.294. The summed E-state index contributed by atoms with van der Waals surface area (Å²) in [6.45, 7) is 5.97. The van der Waals surface area contributed by atoms with Crippen LogP contribution in [0.5, 0.6) is 0 Å². The number of carbonyl (C=O) groups excluding carboxylic acids is 1. The smallest absolute Gasteiger partial charge is 0.258 e. The van der Waals surface area contributed by atoms with Crippen LogP contribution in [-0.4, -0.2) is 48.1 Å². The van der Waals surface area contributed by atoms with Crippen LogP contribution >= 0.6 is 0 Å². The van der Waals surface area contributed by atoms with Crippen LogP contribution < -0.4 is 5.32 Å². The summed E-state index contributed by atoms with van der Waals surface area (Å²) in [5.41, 5.74) is 0.274. The van der Waals surface area contributed by atoms with E-state index in [0.717, 1.165) is 6.20 Å². The molecule has 0 radical (unpaired) electrons. The van der Waals surface area contributed by atoms with Gasteiger partial charge < -0.3 is 15.0 Å². The molecule has 104 valence electrons. The van der Waals surface area contributed by atoms with Crippen molar-refractivity contribution in [1.29, 1.82) is 0 Å². The lowest BCUT2D eigenvalue weighted by molar-refractivity contribution is 0.00360. The number of amides is 1. The summed E-state index contributed by atoms with van der Waals surface area (Å²) >= 11 is 0. The van der Waals surface area contributed by atoms with Gasteiger partial charge in [-0.1, -0.05) is 0 Å². The van der Waals surface area contributed by atoms with Gasteiger partial charge in [0.1, 0.15) is 11.6 Å². The Hall–Kier alpha value is -1.69. The number of nitrogens with one attached hydrogen (secondary N) is 1. The SMILES string of the molecule is CCNc1ncc(F)cc1C(=O)N1CCOCC1C. The molecule has 0 aliphatic carbocycles. The highest BCUT2D eigenvalue weighted by molar-refractivity contribution is 5.99. The minimum absolute atomic E-state index is 0.0148. The van der Waals surface area contributed by atoms with E-state index in [4.69, 9.17) is 4.74 Å². The van der Waals surface area contributed by atoms with Crippen molar-refractivity contribution >= 4 is 11.7 Å². The molecule has 0 bridgehead atoms. The van der Waals surface area contributed by atoms with Crippen molar-refractivity contribution in [3.8, 4) is 0 Å². The van der Waals surface area contributed by atoms with E-state index in [2.05, 4.69) is 10.3 Å². The highest BCUT2D eigenvalue weighted by Crippen LogP contribution is 2.18. The van der Waals surface area contributed by atoms with E-state index in [9.17, 15) is 9.18 Å². The van der Waals surface area contributed by atoms with Gasteiger partial charge in [-0.15, -0.1) is 0 Å². The van der Waals surface area contributed by atoms with Crippen LogP contribution in [0.15, 0.2) is 12.3 Å². The molecule has 5 nitrogen and oxygen atoms in total. The van der Waals surface area contributed by atoms with Crippen LogP contribution in [0.4, 0.5) is 10.2 Å². The fourth-order valence-corrected chi connectivity index (χ4v) is 2.09. The third-order valence-electron chi connectivity index (χ3n) is 3.06. The van der Waals surface area contributed by atoms with E-state index in [0.29, 0.717) is 32.1 Å². The molecule has 1 aliphatic heterocycles. The van der Waals surface area contributed by atoms with Gasteiger partial charge in [0.25, 0.3) is 5.91 Å². The Bertz CT molecular complexity index is 467. The third kappa shape index (κ3) is 3.01. The number of pyridine rings is 1. The molecule has 1 saturated heterocycles. The van der Waals surface area contributed by atoms with E-state index in [1.165, 1.54) is 6.07 Å². The summed E-state index contributed by atoms with van der Waals surface area (Å²) < 4.78 is 18.6. The zero-order valence-corrected chi connectivity index (χ0v) is 11.1. The lowest BCUT2D eigenvalue weighted by Crippen LogP contribution is -2.47.